The summed E-state index contributed by atoms with van der Waals surface area (Å²) in [5.74, 6) is -1.68. The van der Waals surface area contributed by atoms with Gasteiger partial charge in [-0.1, -0.05) is 25.0 Å². The number of rotatable bonds is 4. The number of piperidine rings is 1. The van der Waals surface area contributed by atoms with Crippen LogP contribution in [0.25, 0.3) is 0 Å². The number of amides is 2. The molecule has 2 fully saturated rings. The number of benzene rings is 1. The third kappa shape index (κ3) is 4.78. The first kappa shape index (κ1) is 17.9. The van der Waals surface area contributed by atoms with Crippen LogP contribution in [0, 0.1) is 11.7 Å². The molecule has 1 aliphatic carbocycles. The Hall–Kier alpha value is -1.95. The third-order valence-corrected chi connectivity index (χ3v) is 5.37. The highest BCUT2D eigenvalue weighted by molar-refractivity contribution is 6.39. The zero-order valence-electron chi connectivity index (χ0n) is 14.5. The van der Waals surface area contributed by atoms with E-state index >= 15 is 0 Å². The summed E-state index contributed by atoms with van der Waals surface area (Å²) in [6.45, 7) is 2.65. The maximum Gasteiger partial charge on any atom is 0.313 e. The quantitative estimate of drug-likeness (QED) is 0.823. The van der Waals surface area contributed by atoms with E-state index in [1.165, 1.54) is 43.9 Å². The molecule has 5 nitrogen and oxygen atoms in total. The summed E-state index contributed by atoms with van der Waals surface area (Å²) in [7, 11) is 0. The van der Waals surface area contributed by atoms with Gasteiger partial charge in [-0.3, -0.25) is 9.59 Å². The van der Waals surface area contributed by atoms with E-state index in [0.717, 1.165) is 32.0 Å². The number of anilines is 1. The van der Waals surface area contributed by atoms with Crippen LogP contribution in [0.3, 0.4) is 0 Å². The van der Waals surface area contributed by atoms with Crippen LogP contribution in [0.2, 0.25) is 0 Å². The maximum atomic E-state index is 13.5. The highest BCUT2D eigenvalue weighted by atomic mass is 19.1. The van der Waals surface area contributed by atoms with Crippen LogP contribution >= 0.6 is 0 Å². The molecule has 136 valence electrons. The van der Waals surface area contributed by atoms with Gasteiger partial charge in [0.05, 0.1) is 5.69 Å². The molecular formula is C19H26FN3O2. The minimum absolute atomic E-state index is 0.0209. The molecule has 0 spiro atoms. The molecule has 25 heavy (non-hydrogen) atoms. The summed E-state index contributed by atoms with van der Waals surface area (Å²) in [5, 5.41) is 4.99. The molecule has 1 saturated heterocycles. The van der Waals surface area contributed by atoms with E-state index in [1.807, 2.05) is 0 Å². The Kier molecular flexibility index (Phi) is 6.02. The van der Waals surface area contributed by atoms with Crippen molar-refractivity contribution >= 4 is 17.5 Å². The molecule has 0 unspecified atom stereocenters. The monoisotopic (exact) mass is 347 g/mol. The summed E-state index contributed by atoms with van der Waals surface area (Å²) in [6.07, 6.45) is 7.42. The van der Waals surface area contributed by atoms with Crippen molar-refractivity contribution in [3.8, 4) is 0 Å². The average molecular weight is 347 g/mol. The first-order valence-corrected chi connectivity index (χ1v) is 9.21. The highest BCUT2D eigenvalue weighted by Gasteiger charge is 2.27. The number of halogens is 1. The van der Waals surface area contributed by atoms with Crippen molar-refractivity contribution in [3.05, 3.63) is 30.1 Å². The van der Waals surface area contributed by atoms with Gasteiger partial charge in [-0.15, -0.1) is 0 Å². The Morgan fingerprint density at radius 1 is 1.04 bits per heavy atom. The Labute approximate surface area is 148 Å². The molecule has 2 N–H and O–H groups in total. The maximum absolute atomic E-state index is 13.5. The van der Waals surface area contributed by atoms with Crippen LogP contribution in [0.15, 0.2) is 24.3 Å². The summed E-state index contributed by atoms with van der Waals surface area (Å²) < 4.78 is 13.5. The SMILES string of the molecule is O=C(NCC1CCN(C2CCCC2)CC1)C(=O)Nc1ccccc1F. The number of carbonyl (C=O) groups is 2. The molecule has 2 amide bonds. The molecule has 0 bridgehead atoms. The van der Waals surface area contributed by atoms with Crippen LogP contribution < -0.4 is 10.6 Å². The fourth-order valence-electron chi connectivity index (χ4n) is 3.85. The Balaban J connectivity index is 1.39. The summed E-state index contributed by atoms with van der Waals surface area (Å²) in [4.78, 5) is 26.4. The zero-order chi connectivity index (χ0) is 17.6. The standard InChI is InChI=1S/C19H26FN3O2/c20-16-7-3-4-8-17(16)22-19(25)18(24)21-13-14-9-11-23(12-10-14)15-5-1-2-6-15/h3-4,7-8,14-15H,1-2,5-6,9-13H2,(H,21,24)(H,22,25). The van der Waals surface area contributed by atoms with E-state index in [-0.39, 0.29) is 5.69 Å². The molecule has 0 aromatic heterocycles. The normalized spacial score (nSPS) is 19.7. The van der Waals surface area contributed by atoms with Crippen molar-refractivity contribution in [2.24, 2.45) is 5.92 Å². The van der Waals surface area contributed by atoms with E-state index < -0.39 is 17.6 Å². The fraction of sp³-hybridized carbons (Fsp3) is 0.579. The summed E-state index contributed by atoms with van der Waals surface area (Å²) in [6, 6.07) is 6.56. The fourth-order valence-corrected chi connectivity index (χ4v) is 3.85. The molecule has 0 radical (unpaired) electrons. The van der Waals surface area contributed by atoms with Crippen molar-refractivity contribution < 1.29 is 14.0 Å². The van der Waals surface area contributed by atoms with Gasteiger partial charge in [0, 0.05) is 12.6 Å². The largest absolute Gasteiger partial charge is 0.348 e. The van der Waals surface area contributed by atoms with Gasteiger partial charge in [-0.2, -0.15) is 0 Å². The van der Waals surface area contributed by atoms with Gasteiger partial charge in [0.2, 0.25) is 0 Å². The van der Waals surface area contributed by atoms with Crippen molar-refractivity contribution in [1.29, 1.82) is 0 Å². The zero-order valence-corrected chi connectivity index (χ0v) is 14.5. The lowest BCUT2D eigenvalue weighted by Crippen LogP contribution is -2.44. The van der Waals surface area contributed by atoms with Crippen LogP contribution in [-0.2, 0) is 9.59 Å². The Morgan fingerprint density at radius 3 is 2.40 bits per heavy atom. The molecule has 1 aliphatic heterocycles. The molecule has 1 heterocycles. The number of nitrogens with one attached hydrogen (secondary N) is 2. The number of likely N-dealkylation sites (tertiary alicyclic amines) is 1. The lowest BCUT2D eigenvalue weighted by molar-refractivity contribution is -0.136. The number of hydrogen-bond acceptors (Lipinski definition) is 3. The lowest BCUT2D eigenvalue weighted by atomic mass is 9.95. The second-order valence-corrected chi connectivity index (χ2v) is 7.06. The number of hydrogen-bond donors (Lipinski definition) is 2. The van der Waals surface area contributed by atoms with Gasteiger partial charge in [-0.25, -0.2) is 4.39 Å². The highest BCUT2D eigenvalue weighted by Crippen LogP contribution is 2.27. The van der Waals surface area contributed by atoms with Gasteiger partial charge in [-0.05, 0) is 56.8 Å². The first-order chi connectivity index (χ1) is 12.1. The smallest absolute Gasteiger partial charge is 0.313 e. The number of nitrogens with zero attached hydrogens (tertiary/aromatic N) is 1. The average Bonchev–Trinajstić information content (AvgIpc) is 3.16. The molecule has 2 aliphatic rings. The Bertz CT molecular complexity index is 608. The Morgan fingerprint density at radius 2 is 1.72 bits per heavy atom. The van der Waals surface area contributed by atoms with Crippen molar-refractivity contribution in [3.63, 3.8) is 0 Å². The molecule has 3 rings (SSSR count). The summed E-state index contributed by atoms with van der Waals surface area (Å²) in [5.41, 5.74) is 0.0209. The minimum Gasteiger partial charge on any atom is -0.348 e. The van der Waals surface area contributed by atoms with E-state index in [9.17, 15) is 14.0 Å². The lowest BCUT2D eigenvalue weighted by Gasteiger charge is -2.36. The number of carbonyl (C=O) groups excluding carboxylic acids is 2. The van der Waals surface area contributed by atoms with E-state index in [1.54, 1.807) is 6.07 Å². The van der Waals surface area contributed by atoms with Crippen LogP contribution in [0.1, 0.15) is 38.5 Å². The van der Waals surface area contributed by atoms with Gasteiger partial charge >= 0.3 is 11.8 Å². The first-order valence-electron chi connectivity index (χ1n) is 9.21. The van der Waals surface area contributed by atoms with Crippen molar-refractivity contribution in [1.82, 2.24) is 10.2 Å². The number of para-hydroxylation sites is 1. The molecule has 6 heteroatoms. The van der Waals surface area contributed by atoms with E-state index in [0.29, 0.717) is 12.5 Å². The van der Waals surface area contributed by atoms with Gasteiger partial charge in [0.1, 0.15) is 5.82 Å². The molecule has 1 aromatic carbocycles. The van der Waals surface area contributed by atoms with Gasteiger partial charge < -0.3 is 15.5 Å². The minimum atomic E-state index is -0.825. The topological polar surface area (TPSA) is 61.4 Å². The van der Waals surface area contributed by atoms with Crippen LogP contribution in [0.5, 0.6) is 0 Å². The molecule has 1 saturated carbocycles. The van der Waals surface area contributed by atoms with E-state index in [4.69, 9.17) is 0 Å². The van der Waals surface area contributed by atoms with Crippen LogP contribution in [-0.4, -0.2) is 42.4 Å². The van der Waals surface area contributed by atoms with Crippen molar-refractivity contribution in [2.45, 2.75) is 44.6 Å². The summed E-state index contributed by atoms with van der Waals surface area (Å²) >= 11 is 0. The second-order valence-electron chi connectivity index (χ2n) is 7.06. The molecule has 0 atom stereocenters. The van der Waals surface area contributed by atoms with Crippen LogP contribution in [0.4, 0.5) is 10.1 Å². The van der Waals surface area contributed by atoms with Crippen molar-refractivity contribution in [2.75, 3.05) is 25.0 Å². The third-order valence-electron chi connectivity index (χ3n) is 5.37. The van der Waals surface area contributed by atoms with Gasteiger partial charge in [0.15, 0.2) is 0 Å². The van der Waals surface area contributed by atoms with Gasteiger partial charge in [0.25, 0.3) is 0 Å². The predicted molar refractivity (Wildman–Crippen MR) is 94.6 cm³/mol. The van der Waals surface area contributed by atoms with E-state index in [2.05, 4.69) is 15.5 Å². The second kappa shape index (κ2) is 8.43. The predicted octanol–water partition coefficient (Wildman–Crippen LogP) is 2.54. The molecule has 1 aromatic rings. The molecular weight excluding hydrogens is 321 g/mol.